The van der Waals surface area contributed by atoms with E-state index in [2.05, 4.69) is 341 Å². The summed E-state index contributed by atoms with van der Waals surface area (Å²) in [4.78, 5) is 15.0. The third kappa shape index (κ3) is 9.34. The molecule has 0 spiro atoms. The summed E-state index contributed by atoms with van der Waals surface area (Å²) in [6.07, 6.45) is 2.09. The van der Waals surface area contributed by atoms with E-state index in [1.807, 2.05) is 0 Å². The molecule has 0 radical (unpaired) electrons. The second-order valence-electron chi connectivity index (χ2n) is 21.5. The van der Waals surface area contributed by atoms with Crippen molar-refractivity contribution in [1.29, 1.82) is 0 Å². The summed E-state index contributed by atoms with van der Waals surface area (Å²) in [5.41, 5.74) is 27.2. The van der Waals surface area contributed by atoms with Crippen molar-refractivity contribution in [1.82, 2.24) is 4.98 Å². The number of fused-ring (bicyclic) bond motifs is 2. The zero-order valence-corrected chi connectivity index (χ0v) is 46.2. The highest BCUT2D eigenvalue weighted by Gasteiger charge is 2.32. The molecular formula is C79H57N5. The summed E-state index contributed by atoms with van der Waals surface area (Å²) in [5, 5.41) is 0. The Kier molecular flexibility index (Phi) is 13.0. The van der Waals surface area contributed by atoms with Crippen LogP contribution in [-0.4, -0.2) is 18.3 Å². The van der Waals surface area contributed by atoms with E-state index in [9.17, 15) is 0 Å². The minimum absolute atomic E-state index is 0.668. The van der Waals surface area contributed by atoms with Crippen LogP contribution in [0.4, 0.5) is 45.5 Å². The van der Waals surface area contributed by atoms with Gasteiger partial charge in [0.15, 0.2) is 0 Å². The van der Waals surface area contributed by atoms with Gasteiger partial charge in [0.05, 0.1) is 39.8 Å². The molecule has 398 valence electrons. The van der Waals surface area contributed by atoms with E-state index >= 15 is 0 Å². The van der Waals surface area contributed by atoms with Crippen molar-refractivity contribution < 1.29 is 0 Å². The zero-order valence-electron chi connectivity index (χ0n) is 46.2. The first-order chi connectivity index (χ1) is 41.7. The number of para-hydroxylation sites is 8. The van der Waals surface area contributed by atoms with Crippen LogP contribution in [0.25, 0.3) is 89.1 Å². The molecule has 0 saturated carbocycles. The van der Waals surface area contributed by atoms with Gasteiger partial charge in [-0.3, -0.25) is 4.98 Å². The monoisotopic (exact) mass is 1080 g/mol. The molecule has 0 aliphatic carbocycles. The topological polar surface area (TPSA) is 25.9 Å². The van der Waals surface area contributed by atoms with Crippen LogP contribution in [0.5, 0.6) is 0 Å². The summed E-state index contributed by atoms with van der Waals surface area (Å²) in [6.45, 7) is 1.34. The van der Waals surface area contributed by atoms with Crippen LogP contribution < -0.4 is 19.6 Å². The Hall–Kier alpha value is -11.0. The fourth-order valence-corrected chi connectivity index (χ4v) is 12.5. The molecule has 13 aromatic rings. The van der Waals surface area contributed by atoms with Gasteiger partial charge < -0.3 is 19.6 Å². The fraction of sp³-hybridized carbons (Fsp3) is 0.0253. The van der Waals surface area contributed by atoms with E-state index in [1.165, 1.54) is 39.4 Å². The normalized spacial score (nSPS) is 12.6. The smallest absolute Gasteiger partial charge is 0.100 e. The highest BCUT2D eigenvalue weighted by Crippen LogP contribution is 2.51. The lowest BCUT2D eigenvalue weighted by Crippen LogP contribution is -2.24. The fourth-order valence-electron chi connectivity index (χ4n) is 12.5. The Balaban J connectivity index is 0.892. The number of rotatable bonds is 12. The van der Waals surface area contributed by atoms with Gasteiger partial charge in [-0.1, -0.05) is 231 Å². The second-order valence-corrected chi connectivity index (χ2v) is 21.5. The number of hydrogen-bond acceptors (Lipinski definition) is 5. The predicted octanol–water partition coefficient (Wildman–Crippen LogP) is 20.9. The lowest BCUT2D eigenvalue weighted by Gasteiger charge is -2.26. The number of aromatic nitrogens is 1. The first-order valence-electron chi connectivity index (χ1n) is 28.8. The van der Waals surface area contributed by atoms with Crippen molar-refractivity contribution in [3.63, 3.8) is 0 Å². The average Bonchev–Trinajstić information content (AvgIpc) is 2.22. The van der Waals surface area contributed by atoms with Crippen molar-refractivity contribution in [2.24, 2.45) is 0 Å². The van der Waals surface area contributed by atoms with Gasteiger partial charge in [0.1, 0.15) is 13.3 Å². The third-order valence-electron chi connectivity index (χ3n) is 16.6. The molecule has 0 N–H and O–H groups in total. The predicted molar refractivity (Wildman–Crippen MR) is 352 cm³/mol. The molecule has 5 nitrogen and oxygen atoms in total. The lowest BCUT2D eigenvalue weighted by molar-refractivity contribution is 0.991. The van der Waals surface area contributed by atoms with Gasteiger partial charge in [0.25, 0.3) is 0 Å². The van der Waals surface area contributed by atoms with Crippen LogP contribution in [0.15, 0.2) is 322 Å². The minimum Gasteiger partial charge on any atom is -0.321 e. The van der Waals surface area contributed by atoms with Crippen LogP contribution in [0.2, 0.25) is 0 Å². The summed E-state index contributed by atoms with van der Waals surface area (Å²) in [7, 11) is 0. The molecule has 1 aromatic heterocycles. The van der Waals surface area contributed by atoms with Crippen molar-refractivity contribution in [3.05, 3.63) is 322 Å². The van der Waals surface area contributed by atoms with Gasteiger partial charge in [-0.05, 0) is 146 Å². The molecule has 84 heavy (non-hydrogen) atoms. The Morgan fingerprint density at radius 3 is 0.976 bits per heavy atom. The molecule has 2 aliphatic rings. The highest BCUT2D eigenvalue weighted by atomic mass is 15.4. The van der Waals surface area contributed by atoms with Crippen LogP contribution in [0, 0.1) is 0 Å². The first kappa shape index (κ1) is 50.0. The second kappa shape index (κ2) is 21.8. The lowest BCUT2D eigenvalue weighted by atomic mass is 9.86. The van der Waals surface area contributed by atoms with Crippen LogP contribution in [-0.2, 0) is 0 Å². The minimum atomic E-state index is 0.668. The maximum absolute atomic E-state index is 5.26. The molecule has 15 rings (SSSR count). The van der Waals surface area contributed by atoms with E-state index in [-0.39, 0.29) is 0 Å². The van der Waals surface area contributed by atoms with Gasteiger partial charge in [0, 0.05) is 39.8 Å². The molecule has 0 amide bonds. The van der Waals surface area contributed by atoms with E-state index in [0.29, 0.717) is 13.3 Å². The molecular weight excluding hydrogens is 1020 g/mol. The van der Waals surface area contributed by atoms with Crippen molar-refractivity contribution in [2.45, 2.75) is 0 Å². The van der Waals surface area contributed by atoms with Crippen LogP contribution >= 0.6 is 0 Å². The summed E-state index contributed by atoms with van der Waals surface area (Å²) < 4.78 is 0. The number of benzene rings is 12. The van der Waals surface area contributed by atoms with Gasteiger partial charge in [-0.2, -0.15) is 0 Å². The Bertz CT molecular complexity index is 4330. The van der Waals surface area contributed by atoms with Crippen LogP contribution in [0.1, 0.15) is 0 Å². The maximum Gasteiger partial charge on any atom is 0.100 e. The molecule has 0 saturated heterocycles. The maximum atomic E-state index is 5.26. The van der Waals surface area contributed by atoms with Crippen molar-refractivity contribution in [3.8, 4) is 89.1 Å². The number of nitrogens with zero attached hydrogens (tertiary/aromatic N) is 5. The van der Waals surface area contributed by atoms with Gasteiger partial charge in [0.2, 0.25) is 0 Å². The number of hydrogen-bond donors (Lipinski definition) is 0. The average molecular weight is 1080 g/mol. The first-order valence-corrected chi connectivity index (χ1v) is 28.8. The van der Waals surface area contributed by atoms with E-state index < -0.39 is 0 Å². The number of anilines is 8. The molecule has 0 unspecified atom stereocenters. The Morgan fingerprint density at radius 2 is 0.524 bits per heavy atom. The summed E-state index contributed by atoms with van der Waals surface area (Å²) in [5.74, 6) is 0. The SMILES string of the molecule is c1ccc(-c2ccc(-c3ccc(-c4cc(-c5ccccc5)ncc4-c4ccccc4-c4cc(-c5ccccc5N5CN(c6ccccc6)c6ccccc65)cc(-c5ccccc5N5CN(c6ccccc6)c6ccccc65)c4)cc3)cc2)cc1. The van der Waals surface area contributed by atoms with Gasteiger partial charge in [-0.25, -0.2) is 0 Å². The standard InChI is InChI=1S/C79H57N5/c1-5-23-56(24-6-1)57-41-43-58(44-42-57)59-45-47-60(48-46-59)71-52-73(61-25-7-2-8-26-61)80-53-72(71)70-34-14-13-31-67(70)62-49-63(68-32-15-17-35-74(68)83-54-81(65-27-9-3-10-28-65)76-37-19-21-39-78(76)83)51-64(50-62)69-33-16-18-36-75(69)84-55-82(66-29-11-4-12-30-66)77-38-20-22-40-79(77)84/h1-53H,54-55H2. The molecule has 3 heterocycles. The largest absolute Gasteiger partial charge is 0.321 e. The van der Waals surface area contributed by atoms with Crippen molar-refractivity contribution in [2.75, 3.05) is 32.9 Å². The zero-order chi connectivity index (χ0) is 55.8. The molecule has 0 atom stereocenters. The number of pyridine rings is 1. The Morgan fingerprint density at radius 1 is 0.202 bits per heavy atom. The van der Waals surface area contributed by atoms with Gasteiger partial charge in [-0.15, -0.1) is 0 Å². The van der Waals surface area contributed by atoms with E-state index in [4.69, 9.17) is 4.98 Å². The van der Waals surface area contributed by atoms with Gasteiger partial charge >= 0.3 is 0 Å². The Labute approximate surface area is 491 Å². The third-order valence-corrected chi connectivity index (χ3v) is 16.6. The van der Waals surface area contributed by atoms with Crippen molar-refractivity contribution >= 4 is 45.5 Å². The molecule has 12 aromatic carbocycles. The summed E-state index contributed by atoms with van der Waals surface area (Å²) >= 11 is 0. The highest BCUT2D eigenvalue weighted by molar-refractivity contribution is 5.99. The van der Waals surface area contributed by atoms with E-state index in [1.54, 1.807) is 0 Å². The quantitative estimate of drug-likeness (QED) is 0.121. The molecule has 0 fully saturated rings. The van der Waals surface area contributed by atoms with E-state index in [0.717, 1.165) is 95.2 Å². The molecule has 2 aliphatic heterocycles. The summed E-state index contributed by atoms with van der Waals surface area (Å²) in [6, 6.07) is 114. The molecule has 5 heteroatoms. The molecule has 0 bridgehead atoms. The van der Waals surface area contributed by atoms with Crippen LogP contribution in [0.3, 0.4) is 0 Å².